The molecule has 6 nitrogen and oxygen atoms in total. The van der Waals surface area contributed by atoms with Crippen molar-refractivity contribution in [3.05, 3.63) is 85.1 Å². The Morgan fingerprint density at radius 1 is 0.266 bits per heavy atom. The number of carbonyl (C=O) groups is 3. The number of carbonyl (C=O) groups excluding carboxylic acids is 3. The molecule has 0 amide bonds. The molecule has 0 saturated heterocycles. The minimum Gasteiger partial charge on any atom is -0.462 e. The minimum atomic E-state index is -0.774. The van der Waals surface area contributed by atoms with E-state index in [0.29, 0.717) is 19.3 Å². The Balaban J connectivity index is 4.01. The molecule has 0 aliphatic rings. The fraction of sp³-hybridized carbons (Fsp3) is 0.767. The topological polar surface area (TPSA) is 78.9 Å². The zero-order chi connectivity index (χ0) is 57.1. The summed E-state index contributed by atoms with van der Waals surface area (Å²) >= 11 is 0. The van der Waals surface area contributed by atoms with Gasteiger partial charge in [0, 0.05) is 19.3 Å². The van der Waals surface area contributed by atoms with E-state index >= 15 is 0 Å². The minimum absolute atomic E-state index is 0.0753. The summed E-state index contributed by atoms with van der Waals surface area (Å²) in [5.41, 5.74) is 0. The largest absolute Gasteiger partial charge is 0.462 e. The molecule has 0 heterocycles. The molecule has 0 aliphatic heterocycles. The van der Waals surface area contributed by atoms with E-state index in [1.54, 1.807) is 0 Å². The van der Waals surface area contributed by atoms with Crippen LogP contribution in [0.3, 0.4) is 0 Å². The second-order valence-electron chi connectivity index (χ2n) is 22.7. The van der Waals surface area contributed by atoms with Crippen molar-refractivity contribution in [3.63, 3.8) is 0 Å². The fourth-order valence-corrected chi connectivity index (χ4v) is 9.84. The van der Waals surface area contributed by atoms with Gasteiger partial charge in [-0.3, -0.25) is 14.4 Å². The molecule has 0 radical (unpaired) electrons. The molecule has 0 aromatic carbocycles. The average Bonchev–Trinajstić information content (AvgIpc) is 3.45. The normalized spacial score (nSPS) is 12.6. The number of hydrogen-bond donors (Lipinski definition) is 0. The standard InChI is InChI=1S/C73H128O6/c1-4-7-10-13-15-17-19-21-23-25-27-29-31-33-34-35-36-37-38-40-41-43-45-47-49-51-53-55-57-60-63-66-72(75)78-69-70(68-77-71(74)65-62-59-12-9-6-3)79-73(76)67-64-61-58-56-54-52-50-48-46-44-42-39-32-30-28-26-24-22-20-18-16-14-11-8-5-2/h7,10,15,17,21,23,27,29,33-34,36-37,40-41,70H,4-6,8-9,11-14,16,18-20,22,24-26,28,30-32,35,38-39,42-69H2,1-3H3/b10-7-,17-15-,23-21-,29-27-,34-33-,37-36-,41-40-. The molecule has 0 aliphatic carbocycles. The zero-order valence-corrected chi connectivity index (χ0v) is 52.4. The maximum Gasteiger partial charge on any atom is 0.306 e. The van der Waals surface area contributed by atoms with Crippen LogP contribution in [0.25, 0.3) is 0 Å². The Kier molecular flexibility index (Phi) is 64.2. The molecule has 79 heavy (non-hydrogen) atoms. The third-order valence-corrected chi connectivity index (χ3v) is 14.9. The number of allylic oxidation sites excluding steroid dienone is 14. The lowest BCUT2D eigenvalue weighted by Crippen LogP contribution is -2.30. The molecule has 0 spiro atoms. The maximum absolute atomic E-state index is 12.9. The van der Waals surface area contributed by atoms with Gasteiger partial charge < -0.3 is 14.2 Å². The predicted octanol–water partition coefficient (Wildman–Crippen LogP) is 23.4. The molecule has 1 unspecified atom stereocenters. The van der Waals surface area contributed by atoms with Crippen molar-refractivity contribution in [1.29, 1.82) is 0 Å². The van der Waals surface area contributed by atoms with Crippen molar-refractivity contribution >= 4 is 17.9 Å². The van der Waals surface area contributed by atoms with Crippen LogP contribution in [0.4, 0.5) is 0 Å². The highest BCUT2D eigenvalue weighted by Crippen LogP contribution is 2.18. The lowest BCUT2D eigenvalue weighted by atomic mass is 10.0. The lowest BCUT2D eigenvalue weighted by Gasteiger charge is -2.18. The molecule has 6 heteroatoms. The first-order valence-electron chi connectivity index (χ1n) is 34.1. The van der Waals surface area contributed by atoms with Crippen LogP contribution in [0.5, 0.6) is 0 Å². The number of esters is 3. The van der Waals surface area contributed by atoms with Gasteiger partial charge >= 0.3 is 17.9 Å². The van der Waals surface area contributed by atoms with Crippen LogP contribution < -0.4 is 0 Å². The molecule has 1 atom stereocenters. The zero-order valence-electron chi connectivity index (χ0n) is 52.4. The van der Waals surface area contributed by atoms with Gasteiger partial charge in [0.2, 0.25) is 0 Å². The summed E-state index contributed by atoms with van der Waals surface area (Å²) in [6.45, 7) is 6.48. The van der Waals surface area contributed by atoms with Gasteiger partial charge in [0.1, 0.15) is 13.2 Å². The van der Waals surface area contributed by atoms with Crippen molar-refractivity contribution in [2.45, 2.75) is 348 Å². The van der Waals surface area contributed by atoms with E-state index in [9.17, 15) is 14.4 Å². The second kappa shape index (κ2) is 67.1. The third kappa shape index (κ3) is 65.3. The van der Waals surface area contributed by atoms with Crippen LogP contribution in [-0.4, -0.2) is 37.2 Å². The van der Waals surface area contributed by atoms with E-state index in [-0.39, 0.29) is 31.1 Å². The fourth-order valence-electron chi connectivity index (χ4n) is 9.84. The van der Waals surface area contributed by atoms with E-state index in [4.69, 9.17) is 14.2 Å². The monoisotopic (exact) mass is 1100 g/mol. The van der Waals surface area contributed by atoms with Gasteiger partial charge in [-0.1, -0.05) is 331 Å². The summed E-state index contributed by atoms with van der Waals surface area (Å²) in [5, 5.41) is 0. The quantitative estimate of drug-likeness (QED) is 0.0261. The van der Waals surface area contributed by atoms with Gasteiger partial charge in [-0.15, -0.1) is 0 Å². The van der Waals surface area contributed by atoms with Crippen LogP contribution in [-0.2, 0) is 28.6 Å². The van der Waals surface area contributed by atoms with Crippen molar-refractivity contribution in [1.82, 2.24) is 0 Å². The molecular formula is C73H128O6. The van der Waals surface area contributed by atoms with Crippen molar-refractivity contribution in [2.24, 2.45) is 0 Å². The van der Waals surface area contributed by atoms with Gasteiger partial charge in [0.25, 0.3) is 0 Å². The summed E-state index contributed by atoms with van der Waals surface area (Å²) in [6, 6.07) is 0. The van der Waals surface area contributed by atoms with Gasteiger partial charge in [-0.2, -0.15) is 0 Å². The summed E-state index contributed by atoms with van der Waals surface area (Å²) in [6.07, 6.45) is 89.4. The summed E-state index contributed by atoms with van der Waals surface area (Å²) in [5.74, 6) is -0.880. The molecule has 0 saturated carbocycles. The highest BCUT2D eigenvalue weighted by Gasteiger charge is 2.19. The van der Waals surface area contributed by atoms with Crippen molar-refractivity contribution in [3.8, 4) is 0 Å². The highest BCUT2D eigenvalue weighted by atomic mass is 16.6. The Morgan fingerprint density at radius 3 is 0.772 bits per heavy atom. The Bertz CT molecular complexity index is 1500. The molecule has 0 aromatic rings. The van der Waals surface area contributed by atoms with Crippen LogP contribution >= 0.6 is 0 Å². The smallest absolute Gasteiger partial charge is 0.306 e. The Labute approximate surface area is 490 Å². The molecule has 0 rings (SSSR count). The summed E-state index contributed by atoms with van der Waals surface area (Å²) in [4.78, 5) is 38.0. The predicted molar refractivity (Wildman–Crippen MR) is 344 cm³/mol. The van der Waals surface area contributed by atoms with Crippen molar-refractivity contribution in [2.75, 3.05) is 13.2 Å². The van der Waals surface area contributed by atoms with Crippen LogP contribution in [0.2, 0.25) is 0 Å². The van der Waals surface area contributed by atoms with Crippen LogP contribution in [0.1, 0.15) is 342 Å². The third-order valence-electron chi connectivity index (χ3n) is 14.9. The van der Waals surface area contributed by atoms with Gasteiger partial charge in [0.05, 0.1) is 0 Å². The van der Waals surface area contributed by atoms with Crippen LogP contribution in [0.15, 0.2) is 85.1 Å². The number of unbranched alkanes of at least 4 members (excludes halogenated alkanes) is 37. The van der Waals surface area contributed by atoms with Gasteiger partial charge in [0.15, 0.2) is 6.10 Å². The lowest BCUT2D eigenvalue weighted by molar-refractivity contribution is -0.167. The molecule has 456 valence electrons. The molecule has 0 N–H and O–H groups in total. The first-order valence-corrected chi connectivity index (χ1v) is 34.1. The van der Waals surface area contributed by atoms with E-state index < -0.39 is 6.10 Å². The number of ether oxygens (including phenoxy) is 3. The molecule has 0 aromatic heterocycles. The highest BCUT2D eigenvalue weighted by molar-refractivity contribution is 5.71. The van der Waals surface area contributed by atoms with Gasteiger partial charge in [-0.25, -0.2) is 0 Å². The Morgan fingerprint density at radius 2 is 0.494 bits per heavy atom. The first kappa shape index (κ1) is 75.6. The SMILES string of the molecule is CC/C=C\C/C=C\C/C=C\C/C=C\C/C=C\C/C=C\C/C=C\CCCCCCCCCCCC(=O)OCC(COC(=O)CCCCCCC)OC(=O)CCCCCCCCCCCCCCCCCCCCCCCCCCC. The summed E-state index contributed by atoms with van der Waals surface area (Å²) < 4.78 is 16.8. The molecule has 0 fully saturated rings. The Hall–Kier alpha value is -3.41. The number of rotatable bonds is 62. The van der Waals surface area contributed by atoms with Crippen LogP contribution in [0, 0.1) is 0 Å². The van der Waals surface area contributed by atoms with E-state index in [0.717, 1.165) is 116 Å². The second-order valence-corrected chi connectivity index (χ2v) is 22.7. The van der Waals surface area contributed by atoms with E-state index in [2.05, 4.69) is 106 Å². The number of hydrogen-bond acceptors (Lipinski definition) is 6. The van der Waals surface area contributed by atoms with E-state index in [1.165, 1.54) is 186 Å². The maximum atomic E-state index is 12.9. The van der Waals surface area contributed by atoms with Crippen molar-refractivity contribution < 1.29 is 28.6 Å². The molecular weight excluding hydrogens is 973 g/mol. The average molecular weight is 1100 g/mol. The first-order chi connectivity index (χ1) is 39.0. The summed E-state index contributed by atoms with van der Waals surface area (Å²) in [7, 11) is 0. The van der Waals surface area contributed by atoms with Gasteiger partial charge in [-0.05, 0) is 77.0 Å². The van der Waals surface area contributed by atoms with E-state index in [1.807, 2.05) is 0 Å². The molecule has 0 bridgehead atoms.